The first-order valence-electron chi connectivity index (χ1n) is 8.06. The summed E-state index contributed by atoms with van der Waals surface area (Å²) in [4.78, 5) is 14.7. The van der Waals surface area contributed by atoms with Gasteiger partial charge in [0, 0.05) is 5.75 Å². The third-order valence-electron chi connectivity index (χ3n) is 4.12. The number of rotatable bonds is 5. The first-order chi connectivity index (χ1) is 11.7. The highest BCUT2D eigenvalue weighted by atomic mass is 32.2. The van der Waals surface area contributed by atoms with Crippen LogP contribution in [-0.2, 0) is 17.6 Å². The van der Waals surface area contributed by atoms with E-state index in [-0.39, 0.29) is 18.3 Å². The van der Waals surface area contributed by atoms with Gasteiger partial charge in [-0.15, -0.1) is 11.8 Å². The van der Waals surface area contributed by atoms with Crippen LogP contribution >= 0.6 is 11.8 Å². The molecule has 0 bridgehead atoms. The summed E-state index contributed by atoms with van der Waals surface area (Å²) in [5.41, 5.74) is 4.22. The maximum atomic E-state index is 12.9. The van der Waals surface area contributed by atoms with Crippen LogP contribution in [0.5, 0.6) is 0 Å². The van der Waals surface area contributed by atoms with Crippen molar-refractivity contribution >= 4 is 29.0 Å². The van der Waals surface area contributed by atoms with Crippen LogP contribution in [0.1, 0.15) is 11.1 Å². The van der Waals surface area contributed by atoms with E-state index in [1.807, 2.05) is 36.4 Å². The van der Waals surface area contributed by atoms with Crippen molar-refractivity contribution in [3.8, 4) is 0 Å². The fourth-order valence-corrected chi connectivity index (χ4v) is 3.75. The molecule has 1 amide bonds. The van der Waals surface area contributed by atoms with Crippen molar-refractivity contribution in [1.29, 1.82) is 0 Å². The number of amides is 1. The molecule has 126 valence electrons. The summed E-state index contributed by atoms with van der Waals surface area (Å²) in [5.74, 6) is 0.603. The van der Waals surface area contributed by atoms with E-state index in [1.165, 1.54) is 22.9 Å². The Morgan fingerprint density at radius 2 is 1.58 bits per heavy atom. The molecule has 0 radical (unpaired) electrons. The highest BCUT2D eigenvalue weighted by Gasteiger charge is 2.25. The summed E-state index contributed by atoms with van der Waals surface area (Å²) in [6.45, 7) is -0.281. The fraction of sp³-hybridized carbons (Fsp3) is 0.316. The first-order valence-corrected chi connectivity index (χ1v) is 9.21. The lowest BCUT2D eigenvalue weighted by molar-refractivity contribution is -0.115. The number of hydrogen-bond donors (Lipinski definition) is 2. The topological polar surface area (TPSA) is 60.8 Å². The zero-order valence-corrected chi connectivity index (χ0v) is 14.2. The number of para-hydroxylation sites is 2. The van der Waals surface area contributed by atoms with Gasteiger partial charge >= 0.3 is 0 Å². The van der Waals surface area contributed by atoms with Gasteiger partial charge in [-0.25, -0.2) is 0 Å². The van der Waals surface area contributed by atoms with Gasteiger partial charge < -0.3 is 10.2 Å². The Kier molecular flexibility index (Phi) is 5.56. The first kappa shape index (κ1) is 17.0. The molecule has 1 aliphatic heterocycles. The molecule has 2 aromatic rings. The van der Waals surface area contributed by atoms with E-state index >= 15 is 0 Å². The van der Waals surface area contributed by atoms with E-state index in [4.69, 9.17) is 5.11 Å². The summed E-state index contributed by atoms with van der Waals surface area (Å²) < 4.78 is 0. The number of benzene rings is 2. The van der Waals surface area contributed by atoms with Gasteiger partial charge in [0.25, 0.3) is 0 Å². The van der Waals surface area contributed by atoms with Gasteiger partial charge in [0.2, 0.25) is 5.91 Å². The zero-order valence-electron chi connectivity index (χ0n) is 13.4. The second-order valence-electron chi connectivity index (χ2n) is 5.84. The molecular formula is C19H21NO3S. The fourth-order valence-electron chi connectivity index (χ4n) is 2.95. The number of aliphatic hydroxyl groups excluding tert-OH is 2. The van der Waals surface area contributed by atoms with E-state index in [2.05, 4.69) is 12.1 Å². The molecule has 24 heavy (non-hydrogen) atoms. The Hall–Kier alpha value is -1.82. The molecule has 1 aliphatic rings. The minimum Gasteiger partial charge on any atom is -0.394 e. The molecule has 0 saturated heterocycles. The molecule has 0 unspecified atom stereocenters. The van der Waals surface area contributed by atoms with Crippen LogP contribution in [0.25, 0.3) is 0 Å². The minimum absolute atomic E-state index is 0.00746. The molecule has 0 aromatic heterocycles. The Bertz CT molecular complexity index is 672. The number of anilines is 2. The quantitative estimate of drug-likeness (QED) is 0.876. The lowest BCUT2D eigenvalue weighted by Crippen LogP contribution is -2.29. The van der Waals surface area contributed by atoms with Crippen molar-refractivity contribution in [2.45, 2.75) is 18.9 Å². The van der Waals surface area contributed by atoms with Crippen molar-refractivity contribution in [2.24, 2.45) is 0 Å². The Morgan fingerprint density at radius 3 is 2.12 bits per heavy atom. The van der Waals surface area contributed by atoms with Crippen LogP contribution in [0.3, 0.4) is 0 Å². The van der Waals surface area contributed by atoms with E-state index in [9.17, 15) is 9.90 Å². The van der Waals surface area contributed by atoms with E-state index < -0.39 is 6.10 Å². The lowest BCUT2D eigenvalue weighted by Gasteiger charge is -2.25. The molecule has 5 heteroatoms. The highest BCUT2D eigenvalue weighted by Crippen LogP contribution is 2.36. The number of aliphatic hydroxyl groups is 2. The maximum absolute atomic E-state index is 12.9. The van der Waals surface area contributed by atoms with Gasteiger partial charge in [-0.2, -0.15) is 0 Å². The average Bonchev–Trinajstić information content (AvgIpc) is 2.78. The summed E-state index contributed by atoms with van der Waals surface area (Å²) >= 11 is 1.34. The van der Waals surface area contributed by atoms with Crippen LogP contribution < -0.4 is 4.90 Å². The van der Waals surface area contributed by atoms with Crippen LogP contribution in [0, 0.1) is 0 Å². The highest BCUT2D eigenvalue weighted by molar-refractivity contribution is 8.00. The van der Waals surface area contributed by atoms with Gasteiger partial charge in [0.1, 0.15) is 0 Å². The van der Waals surface area contributed by atoms with Gasteiger partial charge in [-0.05, 0) is 36.1 Å². The van der Waals surface area contributed by atoms with E-state index in [0.717, 1.165) is 24.2 Å². The van der Waals surface area contributed by atoms with Crippen LogP contribution in [0.15, 0.2) is 48.5 Å². The largest absolute Gasteiger partial charge is 0.394 e. The standard InChI is InChI=1S/C19H21NO3S/c21-11-16(22)12-24-13-19(23)20-17-7-3-1-5-14(17)9-10-15-6-2-4-8-18(15)20/h1-8,16,21-22H,9-13H2/t16-/m0/s1. The maximum Gasteiger partial charge on any atom is 0.241 e. The molecule has 2 aromatic carbocycles. The third kappa shape index (κ3) is 3.64. The summed E-state index contributed by atoms with van der Waals surface area (Å²) in [5, 5.41) is 18.3. The summed E-state index contributed by atoms with van der Waals surface area (Å²) in [7, 11) is 0. The monoisotopic (exact) mass is 343 g/mol. The molecule has 0 spiro atoms. The lowest BCUT2D eigenvalue weighted by atomic mass is 10.0. The minimum atomic E-state index is -0.786. The molecule has 0 fully saturated rings. The van der Waals surface area contributed by atoms with Crippen LogP contribution in [0.2, 0.25) is 0 Å². The van der Waals surface area contributed by atoms with Crippen LogP contribution in [-0.4, -0.2) is 40.3 Å². The van der Waals surface area contributed by atoms with E-state index in [1.54, 1.807) is 4.90 Å². The zero-order chi connectivity index (χ0) is 16.9. The van der Waals surface area contributed by atoms with Crippen molar-refractivity contribution < 1.29 is 15.0 Å². The predicted molar refractivity (Wildman–Crippen MR) is 97.9 cm³/mol. The van der Waals surface area contributed by atoms with Crippen molar-refractivity contribution in [2.75, 3.05) is 23.0 Å². The Morgan fingerprint density at radius 1 is 1.04 bits per heavy atom. The summed E-state index contributed by atoms with van der Waals surface area (Å²) in [6.07, 6.45) is 1.03. The molecule has 1 atom stereocenters. The molecule has 2 N–H and O–H groups in total. The van der Waals surface area contributed by atoms with E-state index in [0.29, 0.717) is 5.75 Å². The van der Waals surface area contributed by atoms with Crippen molar-refractivity contribution in [3.05, 3.63) is 59.7 Å². The number of thioether (sulfide) groups is 1. The number of carbonyl (C=O) groups excluding carboxylic acids is 1. The SMILES string of the molecule is O=C(CSC[C@@H](O)CO)N1c2ccccc2CCc2ccccc21. The molecule has 4 nitrogen and oxygen atoms in total. The number of hydrogen-bond acceptors (Lipinski definition) is 4. The Labute approximate surface area is 146 Å². The van der Waals surface area contributed by atoms with Crippen LogP contribution in [0.4, 0.5) is 11.4 Å². The molecular weight excluding hydrogens is 322 g/mol. The predicted octanol–water partition coefficient (Wildman–Crippen LogP) is 2.54. The second kappa shape index (κ2) is 7.83. The second-order valence-corrected chi connectivity index (χ2v) is 6.87. The normalized spacial score (nSPS) is 14.5. The third-order valence-corrected chi connectivity index (χ3v) is 5.20. The van der Waals surface area contributed by atoms with Crippen molar-refractivity contribution in [3.63, 3.8) is 0 Å². The Balaban J connectivity index is 1.89. The number of carbonyl (C=O) groups is 1. The molecule has 0 saturated carbocycles. The number of nitrogens with zero attached hydrogens (tertiary/aromatic N) is 1. The van der Waals surface area contributed by atoms with Crippen molar-refractivity contribution in [1.82, 2.24) is 0 Å². The van der Waals surface area contributed by atoms with Gasteiger partial charge in [-0.1, -0.05) is 36.4 Å². The average molecular weight is 343 g/mol. The smallest absolute Gasteiger partial charge is 0.241 e. The molecule has 0 aliphatic carbocycles. The molecule has 1 heterocycles. The summed E-state index contributed by atoms with van der Waals surface area (Å²) in [6, 6.07) is 16.0. The number of aryl methyl sites for hydroxylation is 2. The number of fused-ring (bicyclic) bond motifs is 2. The molecule has 3 rings (SSSR count). The van der Waals surface area contributed by atoms with Gasteiger partial charge in [0.05, 0.1) is 29.8 Å². The van der Waals surface area contributed by atoms with Gasteiger partial charge in [0.15, 0.2) is 0 Å². The van der Waals surface area contributed by atoms with Gasteiger partial charge in [-0.3, -0.25) is 9.69 Å².